The van der Waals surface area contributed by atoms with Crippen molar-refractivity contribution in [2.75, 3.05) is 6.61 Å². The Kier molecular flexibility index (Phi) is 8.69. The average Bonchev–Trinajstić information content (AvgIpc) is 2.67. The van der Waals surface area contributed by atoms with E-state index in [1.807, 2.05) is 0 Å². The summed E-state index contributed by atoms with van der Waals surface area (Å²) in [6.07, 6.45) is 1.99. The molecule has 9 heteroatoms. The first-order valence-electron chi connectivity index (χ1n) is 8.51. The van der Waals surface area contributed by atoms with E-state index in [1.54, 1.807) is 42.5 Å². The van der Waals surface area contributed by atoms with Gasteiger partial charge in [0.2, 0.25) is 0 Å². The highest BCUT2D eigenvalue weighted by Gasteiger charge is 2.13. The monoisotopic (exact) mass is 483 g/mol. The van der Waals surface area contributed by atoms with Crippen LogP contribution in [0.2, 0.25) is 5.02 Å². The van der Waals surface area contributed by atoms with Gasteiger partial charge in [0.05, 0.1) is 21.7 Å². The number of hydrogen-bond acceptors (Lipinski definition) is 4. The van der Waals surface area contributed by atoms with Gasteiger partial charge in [-0.25, -0.2) is 0 Å². The van der Waals surface area contributed by atoms with Crippen LogP contribution in [0.4, 0.5) is 0 Å². The maximum atomic E-state index is 12.3. The van der Waals surface area contributed by atoms with Crippen LogP contribution in [-0.4, -0.2) is 23.5 Å². The van der Waals surface area contributed by atoms with E-state index in [9.17, 15) is 9.59 Å². The molecule has 0 aliphatic rings. The van der Waals surface area contributed by atoms with E-state index in [2.05, 4.69) is 39.0 Å². The lowest BCUT2D eigenvalue weighted by Gasteiger charge is -2.12. The molecule has 0 heterocycles. The largest absolute Gasteiger partial charge is 0.492 e. The molecule has 2 rings (SSSR count). The third-order valence-electron chi connectivity index (χ3n) is 3.58. The predicted molar refractivity (Wildman–Crippen MR) is 117 cm³/mol. The van der Waals surface area contributed by atoms with Crippen LogP contribution in [0.5, 0.6) is 5.75 Å². The molecule has 0 saturated carbocycles. The summed E-state index contributed by atoms with van der Waals surface area (Å²) in [7, 11) is 0. The zero-order valence-corrected chi connectivity index (χ0v) is 18.2. The normalized spacial score (nSPS) is 10.1. The standard InChI is InChI=1S/C19H19BrClN3O3S/c1-2-3-10-27-16-9-8-12(11-14(16)20)17(25)22-19(28)24-23-18(26)13-6-4-5-7-15(13)21/h4-9,11H,2-3,10H2,1H3,(H,23,26)(H2,22,24,25,28). The lowest BCUT2D eigenvalue weighted by Crippen LogP contribution is -2.48. The van der Waals surface area contributed by atoms with Crippen molar-refractivity contribution in [3.8, 4) is 5.75 Å². The van der Waals surface area contributed by atoms with Gasteiger partial charge in [0.25, 0.3) is 11.8 Å². The lowest BCUT2D eigenvalue weighted by molar-refractivity contribution is 0.0934. The summed E-state index contributed by atoms with van der Waals surface area (Å²) >= 11 is 14.4. The van der Waals surface area contributed by atoms with Crippen LogP contribution in [-0.2, 0) is 0 Å². The Morgan fingerprint density at radius 1 is 1.14 bits per heavy atom. The molecule has 0 aliphatic carbocycles. The summed E-state index contributed by atoms with van der Waals surface area (Å²) in [5.74, 6) is -0.235. The minimum absolute atomic E-state index is 0.0511. The van der Waals surface area contributed by atoms with Crippen molar-refractivity contribution >= 4 is 56.7 Å². The molecule has 3 N–H and O–H groups in total. The van der Waals surface area contributed by atoms with Gasteiger partial charge in [-0.3, -0.25) is 25.8 Å². The summed E-state index contributed by atoms with van der Waals surface area (Å²) in [6, 6.07) is 11.6. The molecule has 0 spiro atoms. The van der Waals surface area contributed by atoms with E-state index < -0.39 is 11.8 Å². The van der Waals surface area contributed by atoms with Crippen LogP contribution < -0.4 is 20.9 Å². The number of unbranched alkanes of at least 4 members (excludes halogenated alkanes) is 1. The van der Waals surface area contributed by atoms with Gasteiger partial charge in [-0.15, -0.1) is 0 Å². The van der Waals surface area contributed by atoms with Crippen LogP contribution in [0.1, 0.15) is 40.5 Å². The Balaban J connectivity index is 1.88. The summed E-state index contributed by atoms with van der Waals surface area (Å²) in [4.78, 5) is 24.4. The molecule has 0 radical (unpaired) electrons. The first-order chi connectivity index (χ1) is 13.4. The second-order valence-electron chi connectivity index (χ2n) is 5.69. The van der Waals surface area contributed by atoms with Gasteiger partial charge in [0.15, 0.2) is 5.11 Å². The van der Waals surface area contributed by atoms with Gasteiger partial charge < -0.3 is 4.74 Å². The number of carbonyl (C=O) groups excluding carboxylic acids is 2. The lowest BCUT2D eigenvalue weighted by atomic mass is 10.2. The zero-order valence-electron chi connectivity index (χ0n) is 15.1. The van der Waals surface area contributed by atoms with Gasteiger partial charge in [0, 0.05) is 5.56 Å². The highest BCUT2D eigenvalue weighted by Crippen LogP contribution is 2.26. The molecule has 2 aromatic carbocycles. The predicted octanol–water partition coefficient (Wildman–Crippen LogP) is 4.23. The van der Waals surface area contributed by atoms with E-state index in [4.69, 9.17) is 28.6 Å². The fraction of sp³-hybridized carbons (Fsp3) is 0.211. The number of nitrogens with one attached hydrogen (secondary N) is 3. The molecule has 0 saturated heterocycles. The van der Waals surface area contributed by atoms with Crippen LogP contribution >= 0.6 is 39.7 Å². The Labute approximate surface area is 182 Å². The summed E-state index contributed by atoms with van der Waals surface area (Å²) in [6.45, 7) is 2.69. The van der Waals surface area contributed by atoms with Crippen molar-refractivity contribution in [3.05, 3.63) is 63.1 Å². The molecule has 28 heavy (non-hydrogen) atoms. The Hall–Kier alpha value is -2.16. The number of amides is 2. The maximum Gasteiger partial charge on any atom is 0.271 e. The molecule has 0 aromatic heterocycles. The molecule has 6 nitrogen and oxygen atoms in total. The molecular weight excluding hydrogens is 466 g/mol. The van der Waals surface area contributed by atoms with Crippen molar-refractivity contribution < 1.29 is 14.3 Å². The smallest absolute Gasteiger partial charge is 0.271 e. The fourth-order valence-corrected chi connectivity index (χ4v) is 2.98. The second kappa shape index (κ2) is 11.0. The number of benzene rings is 2. The third kappa shape index (κ3) is 6.47. The number of thiocarbonyl (C=S) groups is 1. The van der Waals surface area contributed by atoms with Crippen LogP contribution in [0.3, 0.4) is 0 Å². The molecule has 2 amide bonds. The SMILES string of the molecule is CCCCOc1ccc(C(=O)NC(=S)NNC(=O)c2ccccc2Cl)cc1Br. The Morgan fingerprint density at radius 2 is 1.89 bits per heavy atom. The number of rotatable bonds is 6. The number of hydrogen-bond donors (Lipinski definition) is 3. The Morgan fingerprint density at radius 3 is 2.57 bits per heavy atom. The van der Waals surface area contributed by atoms with E-state index in [0.29, 0.717) is 27.4 Å². The molecule has 0 atom stereocenters. The molecule has 0 bridgehead atoms. The maximum absolute atomic E-state index is 12.3. The summed E-state index contributed by atoms with van der Waals surface area (Å²) < 4.78 is 6.30. The molecule has 0 fully saturated rings. The average molecular weight is 485 g/mol. The molecular formula is C19H19BrClN3O3S. The van der Waals surface area contributed by atoms with E-state index in [1.165, 1.54) is 0 Å². The quantitative estimate of drug-likeness (QED) is 0.325. The molecule has 2 aromatic rings. The minimum atomic E-state index is -0.474. The summed E-state index contributed by atoms with van der Waals surface area (Å²) in [5.41, 5.74) is 5.53. The molecule has 148 valence electrons. The summed E-state index contributed by atoms with van der Waals surface area (Å²) in [5, 5.41) is 2.75. The number of hydrazine groups is 1. The molecule has 0 aliphatic heterocycles. The van der Waals surface area contributed by atoms with Crippen molar-refractivity contribution in [1.82, 2.24) is 16.2 Å². The van der Waals surface area contributed by atoms with Gasteiger partial charge >= 0.3 is 0 Å². The molecule has 0 unspecified atom stereocenters. The van der Waals surface area contributed by atoms with E-state index in [-0.39, 0.29) is 10.7 Å². The van der Waals surface area contributed by atoms with Crippen molar-refractivity contribution in [1.29, 1.82) is 0 Å². The second-order valence-corrected chi connectivity index (χ2v) is 7.36. The highest BCUT2D eigenvalue weighted by atomic mass is 79.9. The zero-order chi connectivity index (χ0) is 20.5. The van der Waals surface area contributed by atoms with Gasteiger partial charge in [0.1, 0.15) is 5.75 Å². The Bertz CT molecular complexity index is 879. The number of halogens is 2. The number of carbonyl (C=O) groups is 2. The third-order valence-corrected chi connectivity index (χ3v) is 4.74. The van der Waals surface area contributed by atoms with Crippen molar-refractivity contribution in [2.24, 2.45) is 0 Å². The van der Waals surface area contributed by atoms with Crippen LogP contribution in [0, 0.1) is 0 Å². The van der Waals surface area contributed by atoms with Gasteiger partial charge in [-0.1, -0.05) is 37.1 Å². The topological polar surface area (TPSA) is 79.5 Å². The minimum Gasteiger partial charge on any atom is -0.492 e. The van der Waals surface area contributed by atoms with Crippen molar-refractivity contribution in [3.63, 3.8) is 0 Å². The first-order valence-corrected chi connectivity index (χ1v) is 10.1. The van der Waals surface area contributed by atoms with Crippen molar-refractivity contribution in [2.45, 2.75) is 19.8 Å². The number of ether oxygens (including phenoxy) is 1. The van der Waals surface area contributed by atoms with Crippen LogP contribution in [0.15, 0.2) is 46.9 Å². The van der Waals surface area contributed by atoms with Gasteiger partial charge in [-0.05, 0) is 64.9 Å². The van der Waals surface area contributed by atoms with Gasteiger partial charge in [-0.2, -0.15) is 0 Å². The van der Waals surface area contributed by atoms with Crippen LogP contribution in [0.25, 0.3) is 0 Å². The van der Waals surface area contributed by atoms with E-state index in [0.717, 1.165) is 12.8 Å². The van der Waals surface area contributed by atoms with E-state index >= 15 is 0 Å². The highest BCUT2D eigenvalue weighted by molar-refractivity contribution is 9.10. The fourth-order valence-electron chi connectivity index (χ4n) is 2.12. The first kappa shape index (κ1) is 22.1.